The van der Waals surface area contributed by atoms with Crippen molar-refractivity contribution in [3.8, 4) is 0 Å². The van der Waals surface area contributed by atoms with Gasteiger partial charge in [-0.05, 0) is 54.8 Å². The van der Waals surface area contributed by atoms with Crippen LogP contribution in [0.15, 0.2) is 48.0 Å². The molecule has 2 aliphatic rings. The van der Waals surface area contributed by atoms with Crippen LogP contribution >= 0.6 is 12.4 Å². The van der Waals surface area contributed by atoms with Gasteiger partial charge in [0.1, 0.15) is 0 Å². The molecular weight excluding hydrogens is 402 g/mol. The number of non-ortho nitro benzene ring substituents is 1. The Bertz CT molecular complexity index is 981. The molecule has 1 heterocycles. The van der Waals surface area contributed by atoms with E-state index in [9.17, 15) is 14.9 Å². The van der Waals surface area contributed by atoms with E-state index in [0.717, 1.165) is 50.3 Å². The van der Waals surface area contributed by atoms with E-state index in [-0.39, 0.29) is 23.9 Å². The fourth-order valence-electron chi connectivity index (χ4n) is 4.15. The Morgan fingerprint density at radius 3 is 2.53 bits per heavy atom. The van der Waals surface area contributed by atoms with Gasteiger partial charge in [0.15, 0.2) is 5.78 Å². The number of carbonyl (C=O) groups excluding carboxylic acids is 1. The number of hydrogen-bond acceptors (Lipinski definition) is 5. The molecule has 0 saturated carbocycles. The molecule has 1 aliphatic heterocycles. The highest BCUT2D eigenvalue weighted by atomic mass is 35.5. The molecule has 1 aliphatic carbocycles. The van der Waals surface area contributed by atoms with Crippen LogP contribution in [-0.4, -0.2) is 48.3 Å². The van der Waals surface area contributed by atoms with E-state index in [1.54, 1.807) is 18.2 Å². The second-order valence-electron chi connectivity index (χ2n) is 7.61. The maximum absolute atomic E-state index is 13.0. The van der Waals surface area contributed by atoms with E-state index in [2.05, 4.69) is 28.9 Å². The molecule has 0 atom stereocenters. The van der Waals surface area contributed by atoms with E-state index in [0.29, 0.717) is 17.6 Å². The number of likely N-dealkylation sites (N-methyl/N-ethyl adjacent to an activating group) is 1. The molecule has 1 fully saturated rings. The summed E-state index contributed by atoms with van der Waals surface area (Å²) in [7, 11) is 0. The number of benzene rings is 2. The minimum absolute atomic E-state index is 0. The van der Waals surface area contributed by atoms with E-state index >= 15 is 0 Å². The lowest BCUT2D eigenvalue weighted by atomic mass is 9.85. The average molecular weight is 428 g/mol. The minimum atomic E-state index is -0.415. The van der Waals surface area contributed by atoms with Gasteiger partial charge >= 0.3 is 0 Å². The zero-order valence-corrected chi connectivity index (χ0v) is 17.9. The number of fused-ring (bicyclic) bond motifs is 1. The molecule has 0 N–H and O–H groups in total. The number of halogens is 1. The van der Waals surface area contributed by atoms with Gasteiger partial charge in [-0.2, -0.15) is 0 Å². The maximum atomic E-state index is 13.0. The third kappa shape index (κ3) is 4.55. The number of Topliss-reactive ketones (excluding diaryl/α,β-unsaturated/α-hetero) is 1. The molecule has 1 saturated heterocycles. The van der Waals surface area contributed by atoms with E-state index in [1.807, 2.05) is 6.07 Å². The van der Waals surface area contributed by atoms with Gasteiger partial charge in [0.2, 0.25) is 0 Å². The van der Waals surface area contributed by atoms with Crippen molar-refractivity contribution in [3.63, 3.8) is 0 Å². The second kappa shape index (κ2) is 9.41. The lowest BCUT2D eigenvalue weighted by Crippen LogP contribution is -2.46. The molecule has 4 rings (SSSR count). The Morgan fingerprint density at radius 2 is 1.83 bits per heavy atom. The summed E-state index contributed by atoms with van der Waals surface area (Å²) in [5, 5.41) is 11.0. The van der Waals surface area contributed by atoms with Gasteiger partial charge in [-0.15, -0.1) is 12.4 Å². The molecule has 0 bridgehead atoms. The second-order valence-corrected chi connectivity index (χ2v) is 7.61. The molecule has 2 aromatic carbocycles. The first-order valence-corrected chi connectivity index (χ1v) is 10.1. The predicted octanol–water partition coefficient (Wildman–Crippen LogP) is 4.37. The number of aryl methyl sites for hydroxylation is 1. The molecule has 6 nitrogen and oxygen atoms in total. The first-order chi connectivity index (χ1) is 14.0. The van der Waals surface area contributed by atoms with Crippen molar-refractivity contribution in [2.75, 3.05) is 37.6 Å². The Labute approximate surface area is 182 Å². The van der Waals surface area contributed by atoms with Crippen molar-refractivity contribution in [1.82, 2.24) is 4.90 Å². The SMILES string of the molecule is CCN1CCN(c2ccc3c(c2)CC/C(=C\c2cccc([N+](=O)[O-])c2)C3=O)CC1.Cl. The molecule has 0 spiro atoms. The lowest BCUT2D eigenvalue weighted by molar-refractivity contribution is -0.384. The van der Waals surface area contributed by atoms with Gasteiger partial charge in [-0.25, -0.2) is 0 Å². The summed E-state index contributed by atoms with van der Waals surface area (Å²) in [5.41, 5.74) is 4.48. The number of hydrogen-bond donors (Lipinski definition) is 0. The maximum Gasteiger partial charge on any atom is 0.270 e. The van der Waals surface area contributed by atoms with Crippen LogP contribution in [0.5, 0.6) is 0 Å². The Hall–Kier alpha value is -2.70. The largest absolute Gasteiger partial charge is 0.369 e. The van der Waals surface area contributed by atoms with Gasteiger partial charge in [0.05, 0.1) is 4.92 Å². The monoisotopic (exact) mass is 427 g/mol. The zero-order chi connectivity index (χ0) is 20.4. The van der Waals surface area contributed by atoms with Crippen LogP contribution in [0.3, 0.4) is 0 Å². The van der Waals surface area contributed by atoms with Crippen molar-refractivity contribution in [3.05, 3.63) is 74.8 Å². The number of carbonyl (C=O) groups is 1. The minimum Gasteiger partial charge on any atom is -0.369 e. The average Bonchev–Trinajstić information content (AvgIpc) is 2.76. The highest BCUT2D eigenvalue weighted by Gasteiger charge is 2.24. The van der Waals surface area contributed by atoms with Crippen LogP contribution in [0.4, 0.5) is 11.4 Å². The third-order valence-corrected chi connectivity index (χ3v) is 5.90. The number of piperazine rings is 1. The quantitative estimate of drug-likeness (QED) is 0.411. The predicted molar refractivity (Wildman–Crippen MR) is 122 cm³/mol. The summed E-state index contributed by atoms with van der Waals surface area (Å²) in [6, 6.07) is 12.6. The first-order valence-electron chi connectivity index (χ1n) is 10.1. The molecule has 0 amide bonds. The number of nitro benzene ring substituents is 1. The summed E-state index contributed by atoms with van der Waals surface area (Å²) in [6.45, 7) is 7.45. The number of nitro groups is 1. The van der Waals surface area contributed by atoms with Crippen molar-refractivity contribution in [2.24, 2.45) is 0 Å². The molecule has 2 aromatic rings. The fraction of sp³-hybridized carbons (Fsp3) is 0.348. The van der Waals surface area contributed by atoms with Crippen LogP contribution in [-0.2, 0) is 6.42 Å². The summed E-state index contributed by atoms with van der Waals surface area (Å²) >= 11 is 0. The van der Waals surface area contributed by atoms with Gasteiger partial charge < -0.3 is 9.80 Å². The van der Waals surface area contributed by atoms with Crippen LogP contribution in [0.25, 0.3) is 6.08 Å². The van der Waals surface area contributed by atoms with Crippen molar-refractivity contribution < 1.29 is 9.72 Å². The molecular formula is C23H26ClN3O3. The van der Waals surface area contributed by atoms with Gasteiger partial charge in [-0.3, -0.25) is 14.9 Å². The number of allylic oxidation sites excluding steroid dienone is 1. The highest BCUT2D eigenvalue weighted by Crippen LogP contribution is 2.30. The molecule has 0 unspecified atom stereocenters. The number of nitrogens with zero attached hydrogens (tertiary/aromatic N) is 3. The summed E-state index contributed by atoms with van der Waals surface area (Å²) < 4.78 is 0. The smallest absolute Gasteiger partial charge is 0.270 e. The highest BCUT2D eigenvalue weighted by molar-refractivity contribution is 6.13. The Morgan fingerprint density at radius 1 is 1.07 bits per heavy atom. The van der Waals surface area contributed by atoms with Gasteiger partial charge in [0.25, 0.3) is 5.69 Å². The summed E-state index contributed by atoms with van der Waals surface area (Å²) in [4.78, 5) is 28.4. The zero-order valence-electron chi connectivity index (χ0n) is 17.0. The molecule has 0 radical (unpaired) electrons. The van der Waals surface area contributed by atoms with Gasteiger partial charge in [-0.1, -0.05) is 19.1 Å². The molecule has 158 valence electrons. The third-order valence-electron chi connectivity index (χ3n) is 5.90. The molecule has 7 heteroatoms. The lowest BCUT2D eigenvalue weighted by Gasteiger charge is -2.36. The normalized spacial score (nSPS) is 18.1. The number of rotatable bonds is 4. The Kier molecular flexibility index (Phi) is 6.90. The summed E-state index contributed by atoms with van der Waals surface area (Å²) in [5.74, 6) is 0.0279. The number of ketones is 1. The first kappa shape index (κ1) is 22.0. The number of anilines is 1. The van der Waals surface area contributed by atoms with Crippen LogP contribution < -0.4 is 4.90 Å². The van der Waals surface area contributed by atoms with Crippen LogP contribution in [0.1, 0.15) is 34.8 Å². The van der Waals surface area contributed by atoms with Crippen molar-refractivity contribution in [1.29, 1.82) is 0 Å². The van der Waals surface area contributed by atoms with Crippen molar-refractivity contribution >= 4 is 35.6 Å². The van der Waals surface area contributed by atoms with Gasteiger partial charge in [0, 0.05) is 55.1 Å². The standard InChI is InChI=1S/C23H25N3O3.ClH/c1-2-24-10-12-25(13-11-24)20-8-9-22-18(16-20)6-7-19(23(22)27)14-17-4-3-5-21(15-17)26(28)29;/h3-5,8-9,14-16H,2,6-7,10-13H2,1H3;1H/b19-14+;. The topological polar surface area (TPSA) is 66.7 Å². The fourth-order valence-corrected chi connectivity index (χ4v) is 4.15. The van der Waals surface area contributed by atoms with E-state index < -0.39 is 4.92 Å². The van der Waals surface area contributed by atoms with E-state index in [1.165, 1.54) is 17.8 Å². The van der Waals surface area contributed by atoms with Crippen LogP contribution in [0.2, 0.25) is 0 Å². The van der Waals surface area contributed by atoms with Crippen LogP contribution in [0, 0.1) is 10.1 Å². The van der Waals surface area contributed by atoms with E-state index in [4.69, 9.17) is 0 Å². The Balaban J connectivity index is 0.00000256. The molecule has 0 aromatic heterocycles. The molecule has 30 heavy (non-hydrogen) atoms. The summed E-state index contributed by atoms with van der Waals surface area (Å²) in [6.07, 6.45) is 3.25. The van der Waals surface area contributed by atoms with Crippen molar-refractivity contribution in [2.45, 2.75) is 19.8 Å².